The van der Waals surface area contributed by atoms with Gasteiger partial charge in [-0.3, -0.25) is 0 Å². The molecule has 0 aliphatic heterocycles. The lowest BCUT2D eigenvalue weighted by molar-refractivity contribution is -0.0334. The summed E-state index contributed by atoms with van der Waals surface area (Å²) in [6.45, 7) is 9.18. The molecule has 0 heterocycles. The van der Waals surface area contributed by atoms with E-state index in [4.69, 9.17) is 15.9 Å². The maximum atomic E-state index is 5.44. The summed E-state index contributed by atoms with van der Waals surface area (Å²) in [6.07, 6.45) is 6.26. The predicted octanol–water partition coefficient (Wildman–Crippen LogP) is 2.23. The van der Waals surface area contributed by atoms with Crippen molar-refractivity contribution in [2.24, 2.45) is 0 Å². The third kappa shape index (κ3) is 7.83. The molecule has 0 fully saturated rings. The minimum absolute atomic E-state index is 0.179. The van der Waals surface area contributed by atoms with Crippen LogP contribution in [0.2, 0.25) is 0 Å². The van der Waals surface area contributed by atoms with Crippen LogP contribution in [0.5, 0.6) is 0 Å². The predicted molar refractivity (Wildman–Crippen MR) is 54.6 cm³/mol. The number of hydrogen-bond acceptors (Lipinski definition) is 2. The van der Waals surface area contributed by atoms with Crippen molar-refractivity contribution >= 4 is 0 Å². The Morgan fingerprint density at radius 3 is 2.46 bits per heavy atom. The molecule has 0 N–H and O–H groups in total. The molecule has 0 saturated heterocycles. The molecule has 0 spiro atoms. The van der Waals surface area contributed by atoms with Crippen molar-refractivity contribution in [2.75, 3.05) is 13.2 Å². The molecule has 0 bridgehead atoms. The highest BCUT2D eigenvalue weighted by molar-refractivity contribution is 4.85. The topological polar surface area (TPSA) is 18.5 Å². The maximum Gasteiger partial charge on any atom is 0.108 e. The van der Waals surface area contributed by atoms with Crippen LogP contribution in [0.1, 0.15) is 34.1 Å². The monoisotopic (exact) mass is 184 g/mol. The normalized spacial score (nSPS) is 11.7. The average molecular weight is 184 g/mol. The Bertz CT molecular complexity index is 165. The highest BCUT2D eigenvalue weighted by Gasteiger charge is 2.17. The molecule has 0 atom stereocenters. The van der Waals surface area contributed by atoms with Crippen molar-refractivity contribution in [1.29, 1.82) is 0 Å². The van der Waals surface area contributed by atoms with Crippen molar-refractivity contribution in [2.45, 2.75) is 45.8 Å². The van der Waals surface area contributed by atoms with Gasteiger partial charge < -0.3 is 9.47 Å². The molecule has 0 saturated carbocycles. The number of terminal acetylenes is 1. The smallest absolute Gasteiger partial charge is 0.108 e. The summed E-state index contributed by atoms with van der Waals surface area (Å²) >= 11 is 0. The summed E-state index contributed by atoms with van der Waals surface area (Å²) in [4.78, 5) is 0. The van der Waals surface area contributed by atoms with Gasteiger partial charge in [0.1, 0.15) is 6.61 Å². The zero-order valence-corrected chi connectivity index (χ0v) is 9.09. The van der Waals surface area contributed by atoms with Gasteiger partial charge in [0.2, 0.25) is 0 Å². The Hall–Kier alpha value is -0.520. The molecule has 0 radical (unpaired) electrons. The van der Waals surface area contributed by atoms with Gasteiger partial charge in [-0.2, -0.15) is 0 Å². The lowest BCUT2D eigenvalue weighted by Gasteiger charge is -2.24. The lowest BCUT2D eigenvalue weighted by Crippen LogP contribution is -2.27. The first-order valence-electron chi connectivity index (χ1n) is 4.67. The van der Waals surface area contributed by atoms with Crippen molar-refractivity contribution in [3.8, 4) is 12.3 Å². The van der Waals surface area contributed by atoms with Gasteiger partial charge in [-0.25, -0.2) is 0 Å². The van der Waals surface area contributed by atoms with E-state index in [9.17, 15) is 0 Å². The molecule has 0 aliphatic rings. The van der Waals surface area contributed by atoms with Gasteiger partial charge in [-0.05, 0) is 34.1 Å². The van der Waals surface area contributed by atoms with Crippen LogP contribution in [-0.2, 0) is 9.47 Å². The second kappa shape index (κ2) is 6.01. The van der Waals surface area contributed by atoms with E-state index in [-0.39, 0.29) is 11.7 Å². The fourth-order valence-electron chi connectivity index (χ4n) is 0.850. The van der Waals surface area contributed by atoms with E-state index >= 15 is 0 Å². The van der Waals surface area contributed by atoms with Crippen LogP contribution in [0, 0.1) is 12.3 Å². The van der Waals surface area contributed by atoms with E-state index in [1.54, 1.807) is 0 Å². The van der Waals surface area contributed by atoms with Gasteiger partial charge in [0.25, 0.3) is 0 Å². The summed E-state index contributed by atoms with van der Waals surface area (Å²) in [7, 11) is 0. The van der Waals surface area contributed by atoms with Crippen molar-refractivity contribution in [3.63, 3.8) is 0 Å². The van der Waals surface area contributed by atoms with Gasteiger partial charge in [0.15, 0.2) is 0 Å². The van der Waals surface area contributed by atoms with Gasteiger partial charge >= 0.3 is 0 Å². The van der Waals surface area contributed by atoms with E-state index in [1.165, 1.54) is 0 Å². The molecule has 76 valence electrons. The lowest BCUT2D eigenvalue weighted by atomic mass is 10.1. The standard InChI is InChI=1S/C11H20O2/c1-6-8-13-11(4,5)7-9-12-10(2)3/h1,10H,7-9H2,2-5H3. The fourth-order valence-corrected chi connectivity index (χ4v) is 0.850. The molecular weight excluding hydrogens is 164 g/mol. The molecule has 2 heteroatoms. The minimum atomic E-state index is -0.179. The molecule has 2 nitrogen and oxygen atoms in total. The maximum absolute atomic E-state index is 5.44. The van der Waals surface area contributed by atoms with E-state index in [2.05, 4.69) is 5.92 Å². The Balaban J connectivity index is 3.57. The molecule has 0 aromatic heterocycles. The third-order valence-corrected chi connectivity index (χ3v) is 1.70. The van der Waals surface area contributed by atoms with Crippen molar-refractivity contribution < 1.29 is 9.47 Å². The second-order valence-corrected chi connectivity index (χ2v) is 3.92. The van der Waals surface area contributed by atoms with Gasteiger partial charge in [-0.15, -0.1) is 6.42 Å². The van der Waals surface area contributed by atoms with Crippen LogP contribution in [0.25, 0.3) is 0 Å². The SMILES string of the molecule is C#CCOC(C)(C)CCOC(C)C. The average Bonchev–Trinajstić information content (AvgIpc) is 2.00. The molecule has 0 aromatic rings. The number of hydrogen-bond donors (Lipinski definition) is 0. The van der Waals surface area contributed by atoms with Gasteiger partial charge in [0.05, 0.1) is 11.7 Å². The summed E-state index contributed by atoms with van der Waals surface area (Å²) in [5, 5.41) is 0. The van der Waals surface area contributed by atoms with Crippen LogP contribution >= 0.6 is 0 Å². The van der Waals surface area contributed by atoms with E-state index in [1.807, 2.05) is 27.7 Å². The molecule has 0 unspecified atom stereocenters. The van der Waals surface area contributed by atoms with Crippen molar-refractivity contribution in [1.82, 2.24) is 0 Å². The van der Waals surface area contributed by atoms with Crippen molar-refractivity contribution in [3.05, 3.63) is 0 Å². The zero-order valence-electron chi connectivity index (χ0n) is 9.09. The number of rotatable bonds is 6. The van der Waals surface area contributed by atoms with E-state index in [0.29, 0.717) is 6.61 Å². The Morgan fingerprint density at radius 2 is 2.00 bits per heavy atom. The molecule has 0 aromatic carbocycles. The molecule has 0 rings (SSSR count). The first-order valence-corrected chi connectivity index (χ1v) is 4.67. The zero-order chi connectivity index (χ0) is 10.3. The van der Waals surface area contributed by atoms with Crippen LogP contribution < -0.4 is 0 Å². The fraction of sp³-hybridized carbons (Fsp3) is 0.818. The van der Waals surface area contributed by atoms with Crippen LogP contribution in [0.3, 0.4) is 0 Å². The molecule has 13 heavy (non-hydrogen) atoms. The van der Waals surface area contributed by atoms with Gasteiger partial charge in [-0.1, -0.05) is 5.92 Å². The Kier molecular flexibility index (Phi) is 5.77. The molecular formula is C11H20O2. The van der Waals surface area contributed by atoms with E-state index < -0.39 is 0 Å². The first kappa shape index (κ1) is 12.5. The third-order valence-electron chi connectivity index (χ3n) is 1.70. The highest BCUT2D eigenvalue weighted by Crippen LogP contribution is 2.14. The summed E-state index contributed by atoms with van der Waals surface area (Å²) in [6, 6.07) is 0. The van der Waals surface area contributed by atoms with Gasteiger partial charge in [0, 0.05) is 6.61 Å². The van der Waals surface area contributed by atoms with Crippen LogP contribution in [-0.4, -0.2) is 24.9 Å². The largest absolute Gasteiger partial charge is 0.379 e. The summed E-state index contributed by atoms with van der Waals surface area (Å²) < 4.78 is 10.9. The Morgan fingerprint density at radius 1 is 1.38 bits per heavy atom. The summed E-state index contributed by atoms with van der Waals surface area (Å²) in [5.41, 5.74) is -0.179. The quantitative estimate of drug-likeness (QED) is 0.589. The van der Waals surface area contributed by atoms with Crippen LogP contribution in [0.4, 0.5) is 0 Å². The number of ether oxygens (including phenoxy) is 2. The first-order chi connectivity index (χ1) is 5.98. The molecule has 0 aliphatic carbocycles. The summed E-state index contributed by atoms with van der Waals surface area (Å²) in [5.74, 6) is 2.46. The minimum Gasteiger partial charge on any atom is -0.379 e. The highest BCUT2D eigenvalue weighted by atomic mass is 16.5. The van der Waals surface area contributed by atoms with E-state index in [0.717, 1.165) is 13.0 Å². The van der Waals surface area contributed by atoms with Crippen LogP contribution in [0.15, 0.2) is 0 Å². The Labute approximate surface area is 81.6 Å². The second-order valence-electron chi connectivity index (χ2n) is 3.92. The molecule has 0 amide bonds.